The number of halogens is 1. The summed E-state index contributed by atoms with van der Waals surface area (Å²) in [6, 6.07) is 11.0. The molecule has 3 rings (SSSR count). The Balaban J connectivity index is 1.76. The van der Waals surface area contributed by atoms with Gasteiger partial charge in [-0.25, -0.2) is 0 Å². The smallest absolute Gasteiger partial charge is 0.266 e. The average Bonchev–Trinajstić information content (AvgIpc) is 3.04. The van der Waals surface area contributed by atoms with Gasteiger partial charge in [0.2, 0.25) is 0 Å². The van der Waals surface area contributed by atoms with Crippen molar-refractivity contribution in [3.63, 3.8) is 0 Å². The standard InChI is InChI=1S/C23H24BrN3O4S/c1-5-30-18-10-15(11-20-22(29)27(4)23(25-3)32-20)17(24)12-19(18)31-13-21(28)26-16-8-6-14(2)7-9-16/h6-12H,5,13H2,1-4H3,(H,26,28)/b20-11+,25-23?. The second-order valence-corrected chi connectivity index (χ2v) is 8.80. The largest absolute Gasteiger partial charge is 0.490 e. The first-order valence-electron chi connectivity index (χ1n) is 9.92. The summed E-state index contributed by atoms with van der Waals surface area (Å²) in [4.78, 5) is 30.9. The molecule has 1 heterocycles. The van der Waals surface area contributed by atoms with Crippen molar-refractivity contribution in [1.29, 1.82) is 0 Å². The second-order valence-electron chi connectivity index (χ2n) is 6.94. The number of carbonyl (C=O) groups is 2. The van der Waals surface area contributed by atoms with Crippen LogP contribution in [-0.4, -0.2) is 49.2 Å². The number of anilines is 1. The zero-order chi connectivity index (χ0) is 23.3. The number of amides is 2. The fourth-order valence-electron chi connectivity index (χ4n) is 2.91. The molecule has 0 spiro atoms. The van der Waals surface area contributed by atoms with Crippen molar-refractivity contribution in [3.8, 4) is 11.5 Å². The molecule has 168 valence electrons. The van der Waals surface area contributed by atoms with Crippen LogP contribution >= 0.6 is 27.7 Å². The lowest BCUT2D eigenvalue weighted by Gasteiger charge is -2.14. The number of likely N-dealkylation sites (N-methyl/N-ethyl adjacent to an activating group) is 1. The topological polar surface area (TPSA) is 80.2 Å². The van der Waals surface area contributed by atoms with E-state index >= 15 is 0 Å². The molecule has 1 aliphatic heterocycles. The lowest BCUT2D eigenvalue weighted by molar-refractivity contribution is -0.121. The number of hydrogen-bond acceptors (Lipinski definition) is 6. The number of nitrogens with zero attached hydrogens (tertiary/aromatic N) is 2. The number of hydrogen-bond donors (Lipinski definition) is 1. The zero-order valence-electron chi connectivity index (χ0n) is 18.3. The number of benzene rings is 2. The average molecular weight is 518 g/mol. The quantitative estimate of drug-likeness (QED) is 0.538. The van der Waals surface area contributed by atoms with E-state index in [0.717, 1.165) is 11.1 Å². The predicted molar refractivity (Wildman–Crippen MR) is 132 cm³/mol. The Bertz CT molecular complexity index is 1080. The van der Waals surface area contributed by atoms with Crippen molar-refractivity contribution < 1.29 is 19.1 Å². The van der Waals surface area contributed by atoms with Crippen LogP contribution in [0.15, 0.2) is 50.8 Å². The maximum Gasteiger partial charge on any atom is 0.266 e. The van der Waals surface area contributed by atoms with E-state index in [-0.39, 0.29) is 18.4 Å². The summed E-state index contributed by atoms with van der Waals surface area (Å²) in [6.45, 7) is 4.10. The fraction of sp³-hybridized carbons (Fsp3) is 0.261. The normalized spacial score (nSPS) is 16.0. The molecule has 1 saturated heterocycles. The van der Waals surface area contributed by atoms with Crippen LogP contribution in [0.3, 0.4) is 0 Å². The van der Waals surface area contributed by atoms with Crippen LogP contribution in [0.4, 0.5) is 5.69 Å². The lowest BCUT2D eigenvalue weighted by atomic mass is 10.2. The molecule has 1 aliphatic rings. The molecule has 0 aliphatic carbocycles. The molecular formula is C23H24BrN3O4S. The Morgan fingerprint density at radius 2 is 1.91 bits per heavy atom. The van der Waals surface area contributed by atoms with Gasteiger partial charge in [-0.15, -0.1) is 0 Å². The monoisotopic (exact) mass is 517 g/mol. The molecule has 0 radical (unpaired) electrons. The zero-order valence-corrected chi connectivity index (χ0v) is 20.7. The van der Waals surface area contributed by atoms with E-state index in [1.165, 1.54) is 16.7 Å². The minimum absolute atomic E-state index is 0.117. The number of thioether (sulfide) groups is 1. The van der Waals surface area contributed by atoms with Gasteiger partial charge in [0, 0.05) is 24.3 Å². The van der Waals surface area contributed by atoms with Crippen molar-refractivity contribution >= 4 is 56.4 Å². The Morgan fingerprint density at radius 3 is 2.53 bits per heavy atom. The number of nitrogens with one attached hydrogen (secondary N) is 1. The molecule has 7 nitrogen and oxygen atoms in total. The highest BCUT2D eigenvalue weighted by Crippen LogP contribution is 2.38. The summed E-state index contributed by atoms with van der Waals surface area (Å²) in [5.41, 5.74) is 2.57. The van der Waals surface area contributed by atoms with Crippen LogP contribution in [0.2, 0.25) is 0 Å². The van der Waals surface area contributed by atoms with Gasteiger partial charge in [0.05, 0.1) is 11.5 Å². The summed E-state index contributed by atoms with van der Waals surface area (Å²) >= 11 is 4.84. The van der Waals surface area contributed by atoms with Crippen molar-refractivity contribution in [2.24, 2.45) is 4.99 Å². The van der Waals surface area contributed by atoms with E-state index < -0.39 is 0 Å². The minimum atomic E-state index is -0.277. The molecule has 2 amide bonds. The number of carbonyl (C=O) groups excluding carboxylic acids is 2. The van der Waals surface area contributed by atoms with E-state index in [1.807, 2.05) is 38.1 Å². The van der Waals surface area contributed by atoms with Gasteiger partial charge in [-0.2, -0.15) is 0 Å². The highest BCUT2D eigenvalue weighted by Gasteiger charge is 2.30. The van der Waals surface area contributed by atoms with Crippen molar-refractivity contribution in [1.82, 2.24) is 4.90 Å². The van der Waals surface area contributed by atoms with E-state index in [1.54, 1.807) is 32.3 Å². The summed E-state index contributed by atoms with van der Waals surface area (Å²) in [6.07, 6.45) is 1.78. The molecule has 2 aromatic rings. The van der Waals surface area contributed by atoms with Gasteiger partial charge in [0.25, 0.3) is 11.8 Å². The van der Waals surface area contributed by atoms with Gasteiger partial charge in [0.1, 0.15) is 0 Å². The SMILES string of the molecule is CCOc1cc(/C=C2/SC(=NC)N(C)C2=O)c(Br)cc1OCC(=O)Nc1ccc(C)cc1. The first-order valence-corrected chi connectivity index (χ1v) is 11.5. The van der Waals surface area contributed by atoms with Crippen LogP contribution in [-0.2, 0) is 9.59 Å². The molecule has 0 aromatic heterocycles. The molecule has 0 unspecified atom stereocenters. The molecule has 32 heavy (non-hydrogen) atoms. The third-order valence-electron chi connectivity index (χ3n) is 4.54. The molecule has 0 bridgehead atoms. The Morgan fingerprint density at radius 1 is 1.22 bits per heavy atom. The number of aryl methyl sites for hydroxylation is 1. The minimum Gasteiger partial charge on any atom is -0.490 e. The van der Waals surface area contributed by atoms with Gasteiger partial charge < -0.3 is 14.8 Å². The van der Waals surface area contributed by atoms with Crippen LogP contribution in [0.5, 0.6) is 11.5 Å². The molecule has 1 N–H and O–H groups in total. The van der Waals surface area contributed by atoms with E-state index in [0.29, 0.717) is 38.3 Å². The van der Waals surface area contributed by atoms with Crippen molar-refractivity contribution in [2.45, 2.75) is 13.8 Å². The van der Waals surface area contributed by atoms with E-state index in [4.69, 9.17) is 9.47 Å². The number of aliphatic imine (C=N–C) groups is 1. The number of ether oxygens (including phenoxy) is 2. The summed E-state index contributed by atoms with van der Waals surface area (Å²) < 4.78 is 12.2. The molecular weight excluding hydrogens is 494 g/mol. The van der Waals surface area contributed by atoms with Crippen LogP contribution in [0.25, 0.3) is 6.08 Å². The van der Waals surface area contributed by atoms with Crippen LogP contribution in [0.1, 0.15) is 18.1 Å². The molecule has 1 fully saturated rings. The maximum atomic E-state index is 12.5. The third-order valence-corrected chi connectivity index (χ3v) is 6.38. The van der Waals surface area contributed by atoms with Gasteiger partial charge >= 0.3 is 0 Å². The molecule has 9 heteroatoms. The van der Waals surface area contributed by atoms with Crippen molar-refractivity contribution in [2.75, 3.05) is 32.6 Å². The highest BCUT2D eigenvalue weighted by atomic mass is 79.9. The molecule has 0 saturated carbocycles. The first-order chi connectivity index (χ1) is 15.3. The van der Waals surface area contributed by atoms with Gasteiger partial charge in [-0.1, -0.05) is 33.6 Å². The van der Waals surface area contributed by atoms with Crippen LogP contribution in [0, 0.1) is 6.92 Å². The maximum absolute atomic E-state index is 12.5. The predicted octanol–water partition coefficient (Wildman–Crippen LogP) is 4.71. The van der Waals surface area contributed by atoms with E-state index in [9.17, 15) is 9.59 Å². The second kappa shape index (κ2) is 10.7. The molecule has 2 aromatic carbocycles. The molecule has 0 atom stereocenters. The van der Waals surface area contributed by atoms with Gasteiger partial charge in [-0.3, -0.25) is 19.5 Å². The van der Waals surface area contributed by atoms with Crippen molar-refractivity contribution in [3.05, 3.63) is 56.9 Å². The van der Waals surface area contributed by atoms with E-state index in [2.05, 4.69) is 26.2 Å². The summed E-state index contributed by atoms with van der Waals surface area (Å²) in [5.74, 6) is 0.520. The lowest BCUT2D eigenvalue weighted by Crippen LogP contribution is -2.23. The number of rotatable bonds is 7. The van der Waals surface area contributed by atoms with Gasteiger partial charge in [0.15, 0.2) is 23.3 Å². The Labute approximate surface area is 200 Å². The van der Waals surface area contributed by atoms with Crippen LogP contribution < -0.4 is 14.8 Å². The fourth-order valence-corrected chi connectivity index (χ4v) is 4.27. The highest BCUT2D eigenvalue weighted by molar-refractivity contribution is 9.10. The first kappa shape index (κ1) is 23.9. The van der Waals surface area contributed by atoms with Gasteiger partial charge in [-0.05, 0) is 61.5 Å². The number of amidine groups is 1. The summed E-state index contributed by atoms with van der Waals surface area (Å²) in [7, 11) is 3.34. The third kappa shape index (κ3) is 5.72. The summed E-state index contributed by atoms with van der Waals surface area (Å²) in [5, 5.41) is 3.44. The Kier molecular flexibility index (Phi) is 7.98. The Hall–Kier alpha value is -2.78.